The number of carbonyl (C=O) groups excluding carboxylic acids is 3. The number of imide groups is 1. The fourth-order valence-corrected chi connectivity index (χ4v) is 3.76. The van der Waals surface area contributed by atoms with Gasteiger partial charge in [0.05, 0.1) is 17.9 Å². The Hall–Kier alpha value is -2.17. The van der Waals surface area contributed by atoms with Crippen LogP contribution in [0.2, 0.25) is 0 Å². The molecule has 0 radical (unpaired) electrons. The van der Waals surface area contributed by atoms with Gasteiger partial charge in [-0.1, -0.05) is 42.7 Å². The molecule has 24 heavy (non-hydrogen) atoms. The van der Waals surface area contributed by atoms with E-state index in [1.54, 1.807) is 0 Å². The van der Waals surface area contributed by atoms with Crippen LogP contribution in [-0.2, 0) is 14.4 Å². The van der Waals surface area contributed by atoms with Gasteiger partial charge in [0, 0.05) is 0 Å². The number of amides is 3. The van der Waals surface area contributed by atoms with Crippen LogP contribution < -0.4 is 5.32 Å². The third kappa shape index (κ3) is 3.21. The van der Waals surface area contributed by atoms with Crippen molar-refractivity contribution in [2.75, 3.05) is 6.54 Å². The lowest BCUT2D eigenvalue weighted by Gasteiger charge is -2.19. The Morgan fingerprint density at radius 3 is 2.21 bits per heavy atom. The molecule has 1 N–H and O–H groups in total. The Labute approximate surface area is 142 Å². The summed E-state index contributed by atoms with van der Waals surface area (Å²) in [7, 11) is 0. The number of likely N-dealkylation sites (tertiary alicyclic amines) is 1. The molecule has 5 heteroatoms. The van der Waals surface area contributed by atoms with Gasteiger partial charge in [-0.25, -0.2) is 0 Å². The first kappa shape index (κ1) is 16.7. The first-order chi connectivity index (χ1) is 11.5. The van der Waals surface area contributed by atoms with Gasteiger partial charge in [0.25, 0.3) is 0 Å². The van der Waals surface area contributed by atoms with Gasteiger partial charge in [0.15, 0.2) is 0 Å². The minimum atomic E-state index is -0.288. The first-order valence-corrected chi connectivity index (χ1v) is 8.68. The number of rotatable bonds is 4. The minimum absolute atomic E-state index is 0.159. The van der Waals surface area contributed by atoms with E-state index in [1.165, 1.54) is 0 Å². The van der Waals surface area contributed by atoms with E-state index in [1.807, 2.05) is 38.1 Å². The Morgan fingerprint density at radius 2 is 1.67 bits per heavy atom. The van der Waals surface area contributed by atoms with E-state index in [9.17, 15) is 14.4 Å². The van der Waals surface area contributed by atoms with Crippen LogP contribution in [0.4, 0.5) is 0 Å². The van der Waals surface area contributed by atoms with Crippen molar-refractivity contribution in [3.63, 3.8) is 0 Å². The number of hydrogen-bond donors (Lipinski definition) is 1. The van der Waals surface area contributed by atoms with E-state index in [0.29, 0.717) is 0 Å². The standard InChI is InChI=1S/C19H24N2O3/c1-12-7-9-14(10-8-12)13(2)20-17(22)11-21-18(23)15-5-3-4-6-16(15)19(21)24/h7-10,13,15-16H,3-6,11H2,1-2H3,(H,20,22). The quantitative estimate of drug-likeness (QED) is 0.863. The van der Waals surface area contributed by atoms with Crippen molar-refractivity contribution in [3.8, 4) is 0 Å². The maximum atomic E-state index is 12.4. The zero-order chi connectivity index (χ0) is 17.3. The van der Waals surface area contributed by atoms with Crippen molar-refractivity contribution in [1.29, 1.82) is 0 Å². The predicted octanol–water partition coefficient (Wildman–Crippen LogP) is 2.35. The maximum absolute atomic E-state index is 12.4. The predicted molar refractivity (Wildman–Crippen MR) is 89.9 cm³/mol. The molecule has 1 aromatic carbocycles. The van der Waals surface area contributed by atoms with E-state index in [0.717, 1.165) is 41.7 Å². The number of fused-ring (bicyclic) bond motifs is 1. The molecule has 1 aliphatic carbocycles. The lowest BCUT2D eigenvalue weighted by Crippen LogP contribution is -2.41. The van der Waals surface area contributed by atoms with Crippen molar-refractivity contribution >= 4 is 17.7 Å². The molecule has 2 fully saturated rings. The molecule has 0 bridgehead atoms. The van der Waals surface area contributed by atoms with Gasteiger partial charge in [-0.05, 0) is 32.3 Å². The first-order valence-electron chi connectivity index (χ1n) is 8.68. The van der Waals surface area contributed by atoms with E-state index >= 15 is 0 Å². The molecule has 1 aromatic rings. The van der Waals surface area contributed by atoms with Crippen LogP contribution in [0.1, 0.15) is 49.8 Å². The molecule has 0 aromatic heterocycles. The third-order valence-electron chi connectivity index (χ3n) is 5.19. The topological polar surface area (TPSA) is 66.5 Å². The van der Waals surface area contributed by atoms with Crippen molar-refractivity contribution in [1.82, 2.24) is 10.2 Å². The summed E-state index contributed by atoms with van der Waals surface area (Å²) in [6, 6.07) is 7.78. The van der Waals surface area contributed by atoms with Gasteiger partial charge in [-0.2, -0.15) is 0 Å². The van der Waals surface area contributed by atoms with E-state index in [2.05, 4.69) is 5.32 Å². The second-order valence-corrected chi connectivity index (χ2v) is 6.96. The summed E-state index contributed by atoms with van der Waals surface area (Å²) in [6.45, 7) is 3.74. The lowest BCUT2D eigenvalue weighted by atomic mass is 9.81. The SMILES string of the molecule is Cc1ccc(C(C)NC(=O)CN2C(=O)C3CCCCC3C2=O)cc1. The highest BCUT2D eigenvalue weighted by atomic mass is 16.2. The smallest absolute Gasteiger partial charge is 0.240 e. The number of hydrogen-bond acceptors (Lipinski definition) is 3. The summed E-state index contributed by atoms with van der Waals surface area (Å²) >= 11 is 0. The highest BCUT2D eigenvalue weighted by Crippen LogP contribution is 2.37. The van der Waals surface area contributed by atoms with Crippen molar-refractivity contribution < 1.29 is 14.4 Å². The van der Waals surface area contributed by atoms with E-state index in [4.69, 9.17) is 0 Å². The molecule has 2 aliphatic rings. The Bertz CT molecular complexity index is 629. The van der Waals surface area contributed by atoms with Crippen LogP contribution in [0, 0.1) is 18.8 Å². The number of carbonyl (C=O) groups is 3. The molecule has 3 rings (SSSR count). The lowest BCUT2D eigenvalue weighted by molar-refractivity contribution is -0.143. The third-order valence-corrected chi connectivity index (χ3v) is 5.19. The second kappa shape index (κ2) is 6.75. The van der Waals surface area contributed by atoms with Crippen LogP contribution in [0.15, 0.2) is 24.3 Å². The van der Waals surface area contributed by atoms with E-state index < -0.39 is 0 Å². The molecular weight excluding hydrogens is 304 g/mol. The molecule has 3 unspecified atom stereocenters. The molecule has 1 saturated heterocycles. The molecule has 1 heterocycles. The van der Waals surface area contributed by atoms with Crippen molar-refractivity contribution in [2.24, 2.45) is 11.8 Å². The molecule has 128 valence electrons. The normalized spacial score (nSPS) is 24.7. The van der Waals surface area contributed by atoms with Gasteiger partial charge in [0.2, 0.25) is 17.7 Å². The fraction of sp³-hybridized carbons (Fsp3) is 0.526. The van der Waals surface area contributed by atoms with Gasteiger partial charge in [-0.15, -0.1) is 0 Å². The maximum Gasteiger partial charge on any atom is 0.240 e. The summed E-state index contributed by atoms with van der Waals surface area (Å²) < 4.78 is 0. The average molecular weight is 328 g/mol. The largest absolute Gasteiger partial charge is 0.348 e. The Balaban J connectivity index is 1.61. The molecule has 3 amide bonds. The molecule has 1 saturated carbocycles. The van der Waals surface area contributed by atoms with Crippen LogP contribution in [0.5, 0.6) is 0 Å². The summed E-state index contributed by atoms with van der Waals surface area (Å²) in [6.07, 6.45) is 3.52. The number of benzene rings is 1. The molecule has 3 atom stereocenters. The fourth-order valence-electron chi connectivity index (χ4n) is 3.76. The van der Waals surface area contributed by atoms with Crippen molar-refractivity contribution in [2.45, 2.75) is 45.6 Å². The number of aryl methyl sites for hydroxylation is 1. The van der Waals surface area contributed by atoms with Crippen LogP contribution >= 0.6 is 0 Å². The molecular formula is C19H24N2O3. The zero-order valence-electron chi connectivity index (χ0n) is 14.2. The van der Waals surface area contributed by atoms with Gasteiger partial charge in [0.1, 0.15) is 6.54 Å². The highest BCUT2D eigenvalue weighted by molar-refractivity contribution is 6.07. The molecule has 5 nitrogen and oxygen atoms in total. The number of nitrogens with zero attached hydrogens (tertiary/aromatic N) is 1. The zero-order valence-corrected chi connectivity index (χ0v) is 14.2. The summed E-state index contributed by atoms with van der Waals surface area (Å²) in [5.41, 5.74) is 2.16. The Morgan fingerprint density at radius 1 is 1.12 bits per heavy atom. The average Bonchev–Trinajstić information content (AvgIpc) is 2.81. The highest BCUT2D eigenvalue weighted by Gasteiger charge is 2.48. The van der Waals surface area contributed by atoms with Gasteiger partial charge < -0.3 is 5.32 Å². The van der Waals surface area contributed by atoms with Crippen LogP contribution in [0.3, 0.4) is 0 Å². The summed E-state index contributed by atoms with van der Waals surface area (Å²) in [4.78, 5) is 38.3. The van der Waals surface area contributed by atoms with Crippen LogP contribution in [-0.4, -0.2) is 29.2 Å². The number of nitrogens with one attached hydrogen (secondary N) is 1. The summed E-state index contributed by atoms with van der Waals surface area (Å²) in [5, 5.41) is 2.88. The monoisotopic (exact) mass is 328 g/mol. The van der Waals surface area contributed by atoms with Crippen LogP contribution in [0.25, 0.3) is 0 Å². The minimum Gasteiger partial charge on any atom is -0.348 e. The molecule has 1 aliphatic heterocycles. The Kier molecular flexibility index (Phi) is 4.69. The summed E-state index contributed by atoms with van der Waals surface area (Å²) in [5.74, 6) is -1.02. The van der Waals surface area contributed by atoms with E-state index in [-0.39, 0.29) is 42.1 Å². The second-order valence-electron chi connectivity index (χ2n) is 6.96. The van der Waals surface area contributed by atoms with Gasteiger partial charge >= 0.3 is 0 Å². The van der Waals surface area contributed by atoms with Crippen molar-refractivity contribution in [3.05, 3.63) is 35.4 Å². The molecule has 0 spiro atoms. The van der Waals surface area contributed by atoms with Gasteiger partial charge in [-0.3, -0.25) is 19.3 Å².